The molecule has 0 radical (unpaired) electrons. The van der Waals surface area contributed by atoms with Gasteiger partial charge in [-0.25, -0.2) is 4.39 Å². The zero-order valence-corrected chi connectivity index (χ0v) is 13.1. The molecule has 0 heterocycles. The Labute approximate surface area is 129 Å². The Balaban J connectivity index is 0.00000400. The number of hydrogen-bond acceptors (Lipinski definition) is 3. The molecule has 1 atom stereocenters. The van der Waals surface area contributed by atoms with Crippen molar-refractivity contribution in [3.63, 3.8) is 0 Å². The van der Waals surface area contributed by atoms with E-state index in [2.05, 4.69) is 10.6 Å². The van der Waals surface area contributed by atoms with Crippen molar-refractivity contribution >= 4 is 29.9 Å². The number of carbonyl (C=O) groups excluding carboxylic acids is 2. The molecule has 0 unspecified atom stereocenters. The number of amides is 2. The molecular weight excluding hydrogens is 297 g/mol. The molecule has 5 nitrogen and oxygen atoms in total. The molecule has 0 aliphatic carbocycles. The van der Waals surface area contributed by atoms with Gasteiger partial charge in [-0.05, 0) is 30.5 Å². The van der Waals surface area contributed by atoms with Crippen molar-refractivity contribution in [1.29, 1.82) is 0 Å². The highest BCUT2D eigenvalue weighted by Crippen LogP contribution is 2.14. The second kappa shape index (κ2) is 8.59. The third-order valence-electron chi connectivity index (χ3n) is 2.84. The van der Waals surface area contributed by atoms with Gasteiger partial charge in [0.15, 0.2) is 0 Å². The summed E-state index contributed by atoms with van der Waals surface area (Å²) < 4.78 is 13.5. The molecule has 4 N–H and O–H groups in total. The van der Waals surface area contributed by atoms with E-state index < -0.39 is 23.7 Å². The van der Waals surface area contributed by atoms with Crippen molar-refractivity contribution in [2.75, 3.05) is 11.9 Å². The van der Waals surface area contributed by atoms with E-state index in [1.165, 1.54) is 12.1 Å². The first-order valence-electron chi connectivity index (χ1n) is 6.40. The van der Waals surface area contributed by atoms with E-state index in [0.29, 0.717) is 0 Å². The first kappa shape index (κ1) is 19.3. The van der Waals surface area contributed by atoms with Crippen LogP contribution in [0.3, 0.4) is 0 Å². The molecule has 0 aromatic heterocycles. The molecule has 21 heavy (non-hydrogen) atoms. The highest BCUT2D eigenvalue weighted by molar-refractivity contribution is 5.95. The summed E-state index contributed by atoms with van der Waals surface area (Å²) in [6.07, 6.45) is 0. The van der Waals surface area contributed by atoms with Crippen molar-refractivity contribution in [1.82, 2.24) is 5.32 Å². The predicted octanol–water partition coefficient (Wildman–Crippen LogP) is 1.59. The van der Waals surface area contributed by atoms with Crippen LogP contribution in [0.1, 0.15) is 19.4 Å². The average molecular weight is 318 g/mol. The van der Waals surface area contributed by atoms with E-state index in [0.717, 1.165) is 5.56 Å². The highest BCUT2D eigenvalue weighted by atomic mass is 35.5. The number of carbonyl (C=O) groups is 2. The van der Waals surface area contributed by atoms with Gasteiger partial charge in [0.2, 0.25) is 11.8 Å². The van der Waals surface area contributed by atoms with Crippen molar-refractivity contribution in [2.24, 2.45) is 11.7 Å². The smallest absolute Gasteiger partial charge is 0.243 e. The van der Waals surface area contributed by atoms with Gasteiger partial charge in [-0.1, -0.05) is 19.9 Å². The van der Waals surface area contributed by atoms with Crippen LogP contribution < -0.4 is 16.4 Å². The average Bonchev–Trinajstić information content (AvgIpc) is 2.38. The van der Waals surface area contributed by atoms with Gasteiger partial charge in [0.25, 0.3) is 0 Å². The van der Waals surface area contributed by atoms with Gasteiger partial charge in [-0.15, -0.1) is 12.4 Å². The van der Waals surface area contributed by atoms with E-state index in [9.17, 15) is 14.0 Å². The van der Waals surface area contributed by atoms with Crippen LogP contribution in [0.15, 0.2) is 18.2 Å². The molecule has 118 valence electrons. The number of hydrogen-bond donors (Lipinski definition) is 3. The van der Waals surface area contributed by atoms with Crippen LogP contribution in [-0.4, -0.2) is 24.4 Å². The maximum Gasteiger partial charge on any atom is 0.243 e. The molecule has 1 aromatic rings. The summed E-state index contributed by atoms with van der Waals surface area (Å²) in [5, 5.41) is 4.81. The molecule has 0 spiro atoms. The van der Waals surface area contributed by atoms with Crippen LogP contribution in [0.5, 0.6) is 0 Å². The zero-order chi connectivity index (χ0) is 15.3. The summed E-state index contributed by atoms with van der Waals surface area (Å²) >= 11 is 0. The number of benzene rings is 1. The van der Waals surface area contributed by atoms with Crippen LogP contribution in [0, 0.1) is 18.7 Å². The van der Waals surface area contributed by atoms with Crippen LogP contribution in [0.4, 0.5) is 10.1 Å². The van der Waals surface area contributed by atoms with Gasteiger partial charge in [-0.2, -0.15) is 0 Å². The molecule has 1 rings (SSSR count). The second-order valence-electron chi connectivity index (χ2n) is 5.02. The van der Waals surface area contributed by atoms with Crippen molar-refractivity contribution < 1.29 is 14.0 Å². The standard InChI is InChI=1S/C14H20FN3O2.ClH/c1-8(2)13(16)14(20)17-7-12(19)18-11-5-4-9(3)6-10(11)15;/h4-6,8,13H,7,16H2,1-3H3,(H,17,20)(H,18,19);1H/t13-;/m0./s1. The number of rotatable bonds is 5. The predicted molar refractivity (Wildman–Crippen MR) is 82.8 cm³/mol. The molecule has 0 aliphatic heterocycles. The van der Waals surface area contributed by atoms with Gasteiger partial charge in [0, 0.05) is 0 Å². The fourth-order valence-electron chi connectivity index (χ4n) is 1.50. The topological polar surface area (TPSA) is 84.2 Å². The molecule has 0 aliphatic rings. The summed E-state index contributed by atoms with van der Waals surface area (Å²) in [4.78, 5) is 23.2. The largest absolute Gasteiger partial charge is 0.346 e. The maximum atomic E-state index is 13.5. The molecule has 0 bridgehead atoms. The molecule has 7 heteroatoms. The van der Waals surface area contributed by atoms with E-state index in [4.69, 9.17) is 5.73 Å². The fourth-order valence-corrected chi connectivity index (χ4v) is 1.50. The molecular formula is C14H21ClFN3O2. The van der Waals surface area contributed by atoms with Crippen LogP contribution in [0.25, 0.3) is 0 Å². The minimum absolute atomic E-state index is 0. The molecule has 0 saturated heterocycles. The summed E-state index contributed by atoms with van der Waals surface area (Å²) in [5.74, 6) is -1.44. The number of halogens is 2. The normalized spacial score (nSPS) is 11.5. The summed E-state index contributed by atoms with van der Waals surface area (Å²) in [6, 6.07) is 3.82. The lowest BCUT2D eigenvalue weighted by molar-refractivity contribution is -0.125. The maximum absolute atomic E-state index is 13.5. The Bertz CT molecular complexity index is 509. The quantitative estimate of drug-likeness (QED) is 0.771. The molecule has 2 amide bonds. The second-order valence-corrected chi connectivity index (χ2v) is 5.02. The van der Waals surface area contributed by atoms with Gasteiger partial charge >= 0.3 is 0 Å². The van der Waals surface area contributed by atoms with Crippen molar-refractivity contribution in [2.45, 2.75) is 26.8 Å². The zero-order valence-electron chi connectivity index (χ0n) is 12.3. The first-order chi connectivity index (χ1) is 9.31. The lowest BCUT2D eigenvalue weighted by atomic mass is 10.1. The van der Waals surface area contributed by atoms with E-state index >= 15 is 0 Å². The highest BCUT2D eigenvalue weighted by Gasteiger charge is 2.17. The number of anilines is 1. The van der Waals surface area contributed by atoms with Gasteiger partial charge < -0.3 is 16.4 Å². The Hall–Kier alpha value is -1.66. The summed E-state index contributed by atoms with van der Waals surface area (Å²) in [5.41, 5.74) is 6.48. The molecule has 0 fully saturated rings. The van der Waals surface area contributed by atoms with Crippen LogP contribution in [-0.2, 0) is 9.59 Å². The lowest BCUT2D eigenvalue weighted by Gasteiger charge is -2.15. The van der Waals surface area contributed by atoms with Crippen LogP contribution in [0.2, 0.25) is 0 Å². The summed E-state index contributed by atoms with van der Waals surface area (Å²) in [7, 11) is 0. The SMILES string of the molecule is Cc1ccc(NC(=O)CNC(=O)[C@@H](N)C(C)C)c(F)c1.Cl. The Morgan fingerprint density at radius 1 is 1.33 bits per heavy atom. The third-order valence-corrected chi connectivity index (χ3v) is 2.84. The summed E-state index contributed by atoms with van der Waals surface area (Å²) in [6.45, 7) is 5.13. The Kier molecular flexibility index (Phi) is 7.91. The van der Waals surface area contributed by atoms with Gasteiger partial charge in [0.05, 0.1) is 18.3 Å². The van der Waals surface area contributed by atoms with E-state index in [-0.39, 0.29) is 30.6 Å². The van der Waals surface area contributed by atoms with Gasteiger partial charge in [-0.3, -0.25) is 9.59 Å². The van der Waals surface area contributed by atoms with Gasteiger partial charge in [0.1, 0.15) is 5.82 Å². The lowest BCUT2D eigenvalue weighted by Crippen LogP contribution is -2.46. The molecule has 1 aromatic carbocycles. The van der Waals surface area contributed by atoms with Crippen LogP contribution >= 0.6 is 12.4 Å². The van der Waals surface area contributed by atoms with E-state index in [1.807, 2.05) is 13.8 Å². The minimum Gasteiger partial charge on any atom is -0.346 e. The Morgan fingerprint density at radius 2 is 1.95 bits per heavy atom. The number of aryl methyl sites for hydroxylation is 1. The van der Waals surface area contributed by atoms with Crippen molar-refractivity contribution in [3.8, 4) is 0 Å². The van der Waals surface area contributed by atoms with E-state index in [1.54, 1.807) is 13.0 Å². The number of nitrogens with one attached hydrogen (secondary N) is 2. The first-order valence-corrected chi connectivity index (χ1v) is 6.40. The van der Waals surface area contributed by atoms with Crippen molar-refractivity contribution in [3.05, 3.63) is 29.6 Å². The monoisotopic (exact) mass is 317 g/mol. The minimum atomic E-state index is -0.668. The Morgan fingerprint density at radius 3 is 2.48 bits per heavy atom. The third kappa shape index (κ3) is 6.10. The number of nitrogens with two attached hydrogens (primary N) is 1. The molecule has 0 saturated carbocycles. The fraction of sp³-hybridized carbons (Fsp3) is 0.429.